The Hall–Kier alpha value is -1.50. The lowest BCUT2D eigenvalue weighted by molar-refractivity contribution is 0.326. The Morgan fingerprint density at radius 2 is 2.17 bits per heavy atom. The molecule has 3 heteroatoms. The van der Waals surface area contributed by atoms with Crippen molar-refractivity contribution in [2.75, 3.05) is 27.2 Å². The van der Waals surface area contributed by atoms with Crippen molar-refractivity contribution >= 4 is 0 Å². The molecule has 98 valence electrons. The highest BCUT2D eigenvalue weighted by molar-refractivity contribution is 5.45. The lowest BCUT2D eigenvalue weighted by Gasteiger charge is -2.17. The third-order valence-corrected chi connectivity index (χ3v) is 2.68. The molecular formula is C15H22N2O. The standard InChI is InChI=1S/C15H22N2O/c1-4-10-17(2)12-14-11-15(18-3)8-7-13(14)6-5-9-16/h7-8,11H,4,9-10,12,16H2,1-3H3. The zero-order chi connectivity index (χ0) is 13.4. The number of benzene rings is 1. The van der Waals surface area contributed by atoms with Crippen LogP contribution in [0, 0.1) is 11.8 Å². The second-order valence-corrected chi connectivity index (χ2v) is 4.27. The summed E-state index contributed by atoms with van der Waals surface area (Å²) in [6.45, 7) is 4.51. The number of nitrogens with zero attached hydrogens (tertiary/aromatic N) is 1. The van der Waals surface area contributed by atoms with Gasteiger partial charge in [-0.25, -0.2) is 0 Å². The monoisotopic (exact) mass is 246 g/mol. The largest absolute Gasteiger partial charge is 0.497 e. The van der Waals surface area contributed by atoms with Gasteiger partial charge in [0.05, 0.1) is 13.7 Å². The fraction of sp³-hybridized carbons (Fsp3) is 0.467. The summed E-state index contributed by atoms with van der Waals surface area (Å²) in [5.41, 5.74) is 7.64. The van der Waals surface area contributed by atoms with Gasteiger partial charge in [0.25, 0.3) is 0 Å². The maximum atomic E-state index is 5.42. The van der Waals surface area contributed by atoms with Gasteiger partial charge in [-0.05, 0) is 43.8 Å². The Labute approximate surface area is 110 Å². The lowest BCUT2D eigenvalue weighted by Crippen LogP contribution is -2.19. The minimum absolute atomic E-state index is 0.385. The maximum Gasteiger partial charge on any atom is 0.119 e. The summed E-state index contributed by atoms with van der Waals surface area (Å²) in [5.74, 6) is 6.89. The first-order valence-corrected chi connectivity index (χ1v) is 6.25. The van der Waals surface area contributed by atoms with Crippen molar-refractivity contribution in [1.82, 2.24) is 4.90 Å². The normalized spacial score (nSPS) is 10.1. The third kappa shape index (κ3) is 4.40. The number of ether oxygens (including phenoxy) is 1. The Morgan fingerprint density at radius 3 is 2.78 bits per heavy atom. The lowest BCUT2D eigenvalue weighted by atomic mass is 10.1. The van der Waals surface area contributed by atoms with Gasteiger partial charge in [0, 0.05) is 12.1 Å². The van der Waals surface area contributed by atoms with E-state index in [2.05, 4.69) is 30.7 Å². The van der Waals surface area contributed by atoms with Crippen LogP contribution in [0.15, 0.2) is 18.2 Å². The van der Waals surface area contributed by atoms with Crippen molar-refractivity contribution in [3.8, 4) is 17.6 Å². The first kappa shape index (κ1) is 14.6. The molecule has 0 atom stereocenters. The van der Waals surface area contributed by atoms with E-state index >= 15 is 0 Å². The predicted octanol–water partition coefficient (Wildman–Crippen LogP) is 1.85. The summed E-state index contributed by atoms with van der Waals surface area (Å²) in [6.07, 6.45) is 1.14. The molecule has 0 radical (unpaired) electrons. The highest BCUT2D eigenvalue weighted by Crippen LogP contribution is 2.18. The van der Waals surface area contributed by atoms with Crippen molar-refractivity contribution in [3.63, 3.8) is 0 Å². The van der Waals surface area contributed by atoms with Gasteiger partial charge in [-0.3, -0.25) is 0 Å². The fourth-order valence-corrected chi connectivity index (χ4v) is 1.85. The molecule has 0 amide bonds. The van der Waals surface area contributed by atoms with Crippen molar-refractivity contribution in [2.24, 2.45) is 5.73 Å². The second-order valence-electron chi connectivity index (χ2n) is 4.27. The predicted molar refractivity (Wildman–Crippen MR) is 75.6 cm³/mol. The molecule has 0 unspecified atom stereocenters. The van der Waals surface area contributed by atoms with Gasteiger partial charge in [-0.2, -0.15) is 0 Å². The van der Waals surface area contributed by atoms with Gasteiger partial charge in [-0.1, -0.05) is 18.8 Å². The van der Waals surface area contributed by atoms with Crippen LogP contribution in [-0.4, -0.2) is 32.1 Å². The van der Waals surface area contributed by atoms with Gasteiger partial charge < -0.3 is 15.4 Å². The Kier molecular flexibility index (Phi) is 6.27. The van der Waals surface area contributed by atoms with Gasteiger partial charge in [0.1, 0.15) is 5.75 Å². The van der Waals surface area contributed by atoms with E-state index in [1.165, 1.54) is 5.56 Å². The van der Waals surface area contributed by atoms with Crippen LogP contribution in [0.1, 0.15) is 24.5 Å². The summed E-state index contributed by atoms with van der Waals surface area (Å²) in [6, 6.07) is 5.98. The van der Waals surface area contributed by atoms with Gasteiger partial charge in [0.15, 0.2) is 0 Å². The van der Waals surface area contributed by atoms with Crippen LogP contribution in [0.5, 0.6) is 5.75 Å². The highest BCUT2D eigenvalue weighted by atomic mass is 16.5. The summed E-state index contributed by atoms with van der Waals surface area (Å²) >= 11 is 0. The molecule has 0 bridgehead atoms. The van der Waals surface area contributed by atoms with Crippen molar-refractivity contribution < 1.29 is 4.74 Å². The quantitative estimate of drug-likeness (QED) is 0.806. The third-order valence-electron chi connectivity index (χ3n) is 2.68. The number of hydrogen-bond donors (Lipinski definition) is 1. The molecule has 0 aliphatic carbocycles. The zero-order valence-electron chi connectivity index (χ0n) is 11.5. The van der Waals surface area contributed by atoms with E-state index in [-0.39, 0.29) is 0 Å². The number of rotatable bonds is 5. The summed E-state index contributed by atoms with van der Waals surface area (Å²) in [4.78, 5) is 2.28. The minimum Gasteiger partial charge on any atom is -0.497 e. The van der Waals surface area contributed by atoms with Gasteiger partial charge in [-0.15, -0.1) is 0 Å². The van der Waals surface area contributed by atoms with E-state index in [0.717, 1.165) is 30.8 Å². The zero-order valence-corrected chi connectivity index (χ0v) is 11.5. The molecule has 0 spiro atoms. The molecule has 0 fully saturated rings. The molecule has 1 rings (SSSR count). The molecule has 1 aromatic rings. The van der Waals surface area contributed by atoms with Crippen molar-refractivity contribution in [3.05, 3.63) is 29.3 Å². The molecule has 0 heterocycles. The van der Waals surface area contributed by atoms with Crippen LogP contribution >= 0.6 is 0 Å². The number of methoxy groups -OCH3 is 1. The van der Waals surface area contributed by atoms with Crippen LogP contribution in [0.2, 0.25) is 0 Å². The molecule has 2 N–H and O–H groups in total. The summed E-state index contributed by atoms with van der Waals surface area (Å²) in [7, 11) is 3.79. The summed E-state index contributed by atoms with van der Waals surface area (Å²) < 4.78 is 5.26. The molecule has 0 saturated heterocycles. The first-order chi connectivity index (χ1) is 8.71. The van der Waals surface area contributed by atoms with E-state index in [9.17, 15) is 0 Å². The van der Waals surface area contributed by atoms with Gasteiger partial charge >= 0.3 is 0 Å². The van der Waals surface area contributed by atoms with E-state index in [4.69, 9.17) is 10.5 Å². The van der Waals surface area contributed by atoms with E-state index in [1.807, 2.05) is 18.2 Å². The van der Waals surface area contributed by atoms with Crippen LogP contribution in [0.4, 0.5) is 0 Å². The molecule has 18 heavy (non-hydrogen) atoms. The van der Waals surface area contributed by atoms with Crippen molar-refractivity contribution in [1.29, 1.82) is 0 Å². The second kappa shape index (κ2) is 7.75. The number of nitrogens with two attached hydrogens (primary N) is 1. The van der Waals surface area contributed by atoms with E-state index < -0.39 is 0 Å². The Balaban J connectivity index is 2.96. The topological polar surface area (TPSA) is 38.5 Å². The molecular weight excluding hydrogens is 224 g/mol. The maximum absolute atomic E-state index is 5.42. The Morgan fingerprint density at radius 1 is 1.39 bits per heavy atom. The van der Waals surface area contributed by atoms with E-state index in [0.29, 0.717) is 6.54 Å². The molecule has 3 nitrogen and oxygen atoms in total. The average Bonchev–Trinajstić information content (AvgIpc) is 2.37. The fourth-order valence-electron chi connectivity index (χ4n) is 1.85. The van der Waals surface area contributed by atoms with Gasteiger partial charge in [0.2, 0.25) is 0 Å². The molecule has 0 aliphatic heterocycles. The van der Waals surface area contributed by atoms with Crippen LogP contribution in [0.25, 0.3) is 0 Å². The average molecular weight is 246 g/mol. The molecule has 1 aromatic carbocycles. The first-order valence-electron chi connectivity index (χ1n) is 6.25. The van der Waals surface area contributed by atoms with Crippen LogP contribution in [0.3, 0.4) is 0 Å². The van der Waals surface area contributed by atoms with E-state index in [1.54, 1.807) is 7.11 Å². The molecule has 0 saturated carbocycles. The molecule has 0 aliphatic rings. The smallest absolute Gasteiger partial charge is 0.119 e. The molecule has 0 aromatic heterocycles. The minimum atomic E-state index is 0.385. The van der Waals surface area contributed by atoms with Crippen LogP contribution < -0.4 is 10.5 Å². The SMILES string of the molecule is CCCN(C)Cc1cc(OC)ccc1C#CCN. The highest BCUT2D eigenvalue weighted by Gasteiger charge is 2.05. The Bertz CT molecular complexity index is 432. The number of hydrogen-bond acceptors (Lipinski definition) is 3. The van der Waals surface area contributed by atoms with Crippen molar-refractivity contribution in [2.45, 2.75) is 19.9 Å². The summed E-state index contributed by atoms with van der Waals surface area (Å²) in [5, 5.41) is 0. The van der Waals surface area contributed by atoms with Crippen LogP contribution in [-0.2, 0) is 6.54 Å².